The van der Waals surface area contributed by atoms with Gasteiger partial charge in [-0.15, -0.1) is 0 Å². The molecule has 0 radical (unpaired) electrons. The van der Waals surface area contributed by atoms with E-state index in [9.17, 15) is 0 Å². The summed E-state index contributed by atoms with van der Waals surface area (Å²) < 4.78 is 0. The molecule has 0 aliphatic heterocycles. The highest BCUT2D eigenvalue weighted by Crippen LogP contribution is 1.93. The monoisotopic (exact) mass is 154 g/mol. The number of hydrogen-bond acceptors (Lipinski definition) is 2. The number of nitrogens with one attached hydrogen (secondary N) is 2. The van der Waals surface area contributed by atoms with E-state index in [4.69, 9.17) is 4.84 Å². The Labute approximate surface area is 66.7 Å². The fourth-order valence-corrected chi connectivity index (χ4v) is 0.764. The maximum atomic E-state index is 5.15. The Hall–Kier alpha value is -0.800. The molecule has 2 N–H and O–H groups in total. The zero-order chi connectivity index (χ0) is 8.10. The van der Waals surface area contributed by atoms with Crippen molar-refractivity contribution in [2.45, 2.75) is 26.5 Å². The SMILES string of the molecule is CC(C)ONCc1ccc[nH]1. The Morgan fingerprint density at radius 3 is 3.00 bits per heavy atom. The van der Waals surface area contributed by atoms with Crippen LogP contribution in [0.3, 0.4) is 0 Å². The van der Waals surface area contributed by atoms with Crippen molar-refractivity contribution < 1.29 is 4.84 Å². The third-order valence-corrected chi connectivity index (χ3v) is 1.24. The van der Waals surface area contributed by atoms with Crippen LogP contribution in [-0.2, 0) is 11.4 Å². The molecule has 1 rings (SSSR count). The van der Waals surface area contributed by atoms with Crippen LogP contribution in [0.25, 0.3) is 0 Å². The first-order valence-electron chi connectivity index (χ1n) is 3.80. The first kappa shape index (κ1) is 8.30. The van der Waals surface area contributed by atoms with Gasteiger partial charge in [0.05, 0.1) is 12.6 Å². The van der Waals surface area contributed by atoms with Crippen LogP contribution < -0.4 is 5.48 Å². The summed E-state index contributed by atoms with van der Waals surface area (Å²) in [6.07, 6.45) is 2.12. The average molecular weight is 154 g/mol. The highest BCUT2D eigenvalue weighted by atomic mass is 16.7. The number of aromatic nitrogens is 1. The fourth-order valence-electron chi connectivity index (χ4n) is 0.764. The Balaban J connectivity index is 2.14. The van der Waals surface area contributed by atoms with E-state index in [1.807, 2.05) is 32.2 Å². The van der Waals surface area contributed by atoms with Crippen molar-refractivity contribution in [3.63, 3.8) is 0 Å². The van der Waals surface area contributed by atoms with E-state index in [0.717, 1.165) is 12.2 Å². The Bertz CT molecular complexity index is 182. The third-order valence-electron chi connectivity index (χ3n) is 1.24. The lowest BCUT2D eigenvalue weighted by Gasteiger charge is -2.06. The van der Waals surface area contributed by atoms with Gasteiger partial charge in [0.15, 0.2) is 0 Å². The highest BCUT2D eigenvalue weighted by Gasteiger charge is 1.93. The number of H-pyrrole nitrogens is 1. The second kappa shape index (κ2) is 4.16. The molecule has 0 saturated heterocycles. The van der Waals surface area contributed by atoms with Crippen LogP contribution in [0.5, 0.6) is 0 Å². The van der Waals surface area contributed by atoms with E-state index in [0.29, 0.717) is 0 Å². The molecule has 3 heteroatoms. The third kappa shape index (κ3) is 3.20. The molecule has 0 amide bonds. The molecule has 3 nitrogen and oxygen atoms in total. The van der Waals surface area contributed by atoms with Crippen molar-refractivity contribution in [3.8, 4) is 0 Å². The predicted molar refractivity (Wildman–Crippen MR) is 43.9 cm³/mol. The minimum absolute atomic E-state index is 0.227. The Morgan fingerprint density at radius 1 is 1.64 bits per heavy atom. The number of hydroxylamine groups is 1. The van der Waals surface area contributed by atoms with Gasteiger partial charge in [-0.1, -0.05) is 0 Å². The normalized spacial score (nSPS) is 10.8. The first-order chi connectivity index (χ1) is 5.29. The summed E-state index contributed by atoms with van der Waals surface area (Å²) in [6.45, 7) is 4.70. The molecule has 0 spiro atoms. The smallest absolute Gasteiger partial charge is 0.0734 e. The molecule has 0 bridgehead atoms. The summed E-state index contributed by atoms with van der Waals surface area (Å²) in [6, 6.07) is 3.98. The highest BCUT2D eigenvalue weighted by molar-refractivity contribution is 5.02. The van der Waals surface area contributed by atoms with Gasteiger partial charge in [0.25, 0.3) is 0 Å². The largest absolute Gasteiger partial charge is 0.364 e. The zero-order valence-corrected chi connectivity index (χ0v) is 6.92. The molecular weight excluding hydrogens is 140 g/mol. The Kier molecular flexibility index (Phi) is 3.14. The minimum Gasteiger partial charge on any atom is -0.364 e. The van der Waals surface area contributed by atoms with Crippen molar-refractivity contribution >= 4 is 0 Å². The van der Waals surface area contributed by atoms with Gasteiger partial charge in [-0.25, -0.2) is 0 Å². The standard InChI is InChI=1S/C8H14N2O/c1-7(2)11-10-6-8-4-3-5-9-8/h3-5,7,9-10H,6H2,1-2H3. The number of aromatic amines is 1. The lowest BCUT2D eigenvalue weighted by molar-refractivity contribution is -0.00930. The van der Waals surface area contributed by atoms with Crippen molar-refractivity contribution in [2.24, 2.45) is 0 Å². The van der Waals surface area contributed by atoms with Gasteiger partial charge in [-0.3, -0.25) is 4.84 Å². The fraction of sp³-hybridized carbons (Fsp3) is 0.500. The topological polar surface area (TPSA) is 37.0 Å². The summed E-state index contributed by atoms with van der Waals surface area (Å²) in [7, 11) is 0. The molecular formula is C8H14N2O. The zero-order valence-electron chi connectivity index (χ0n) is 6.92. The maximum absolute atomic E-state index is 5.15. The molecule has 0 unspecified atom stereocenters. The molecule has 0 aliphatic rings. The van der Waals surface area contributed by atoms with E-state index >= 15 is 0 Å². The number of hydrogen-bond donors (Lipinski definition) is 2. The van der Waals surface area contributed by atoms with Crippen LogP contribution in [0, 0.1) is 0 Å². The van der Waals surface area contributed by atoms with E-state index in [-0.39, 0.29) is 6.10 Å². The van der Waals surface area contributed by atoms with Crippen LogP contribution in [0.15, 0.2) is 18.3 Å². The molecule has 0 atom stereocenters. The van der Waals surface area contributed by atoms with Crippen molar-refractivity contribution in [1.82, 2.24) is 10.5 Å². The summed E-state index contributed by atoms with van der Waals surface area (Å²) in [5.74, 6) is 0. The van der Waals surface area contributed by atoms with Crippen molar-refractivity contribution in [3.05, 3.63) is 24.0 Å². The van der Waals surface area contributed by atoms with Gasteiger partial charge in [0.2, 0.25) is 0 Å². The first-order valence-corrected chi connectivity index (χ1v) is 3.80. The maximum Gasteiger partial charge on any atom is 0.0734 e. The lowest BCUT2D eigenvalue weighted by atomic mass is 10.4. The lowest BCUT2D eigenvalue weighted by Crippen LogP contribution is -2.19. The molecule has 62 valence electrons. The summed E-state index contributed by atoms with van der Waals surface area (Å²) in [5, 5.41) is 0. The van der Waals surface area contributed by atoms with Gasteiger partial charge < -0.3 is 4.98 Å². The molecule has 1 heterocycles. The minimum atomic E-state index is 0.227. The average Bonchev–Trinajstić information content (AvgIpc) is 2.39. The second-order valence-electron chi connectivity index (χ2n) is 2.68. The van der Waals surface area contributed by atoms with Gasteiger partial charge in [-0.2, -0.15) is 5.48 Å². The van der Waals surface area contributed by atoms with Crippen LogP contribution in [-0.4, -0.2) is 11.1 Å². The quantitative estimate of drug-likeness (QED) is 0.644. The molecule has 11 heavy (non-hydrogen) atoms. The number of rotatable bonds is 4. The van der Waals surface area contributed by atoms with Crippen molar-refractivity contribution in [1.29, 1.82) is 0 Å². The second-order valence-corrected chi connectivity index (χ2v) is 2.68. The van der Waals surface area contributed by atoms with Crippen LogP contribution in [0.1, 0.15) is 19.5 Å². The van der Waals surface area contributed by atoms with Gasteiger partial charge in [-0.05, 0) is 26.0 Å². The van der Waals surface area contributed by atoms with Gasteiger partial charge in [0, 0.05) is 11.9 Å². The summed E-state index contributed by atoms with van der Waals surface area (Å²) in [5.41, 5.74) is 3.99. The predicted octanol–water partition coefficient (Wildman–Crippen LogP) is 1.44. The van der Waals surface area contributed by atoms with E-state index in [1.165, 1.54) is 0 Å². The molecule has 0 saturated carbocycles. The molecule has 0 fully saturated rings. The molecule has 1 aromatic rings. The van der Waals surface area contributed by atoms with Gasteiger partial charge in [0.1, 0.15) is 0 Å². The Morgan fingerprint density at radius 2 is 2.45 bits per heavy atom. The van der Waals surface area contributed by atoms with Crippen molar-refractivity contribution in [2.75, 3.05) is 0 Å². The molecule has 1 aromatic heterocycles. The molecule has 0 aliphatic carbocycles. The van der Waals surface area contributed by atoms with E-state index in [2.05, 4.69) is 10.5 Å². The van der Waals surface area contributed by atoms with E-state index < -0.39 is 0 Å². The summed E-state index contributed by atoms with van der Waals surface area (Å²) in [4.78, 5) is 8.21. The van der Waals surface area contributed by atoms with Crippen LogP contribution in [0.4, 0.5) is 0 Å². The van der Waals surface area contributed by atoms with E-state index in [1.54, 1.807) is 0 Å². The van der Waals surface area contributed by atoms with Crippen LogP contribution >= 0.6 is 0 Å². The molecule has 0 aromatic carbocycles. The van der Waals surface area contributed by atoms with Gasteiger partial charge >= 0.3 is 0 Å². The van der Waals surface area contributed by atoms with Crippen LogP contribution in [0.2, 0.25) is 0 Å². The summed E-state index contributed by atoms with van der Waals surface area (Å²) >= 11 is 0.